The van der Waals surface area contributed by atoms with Gasteiger partial charge in [-0.25, -0.2) is 0 Å². The van der Waals surface area contributed by atoms with Gasteiger partial charge in [-0.15, -0.1) is 24.2 Å². The van der Waals surface area contributed by atoms with E-state index < -0.39 is 0 Å². The van der Waals surface area contributed by atoms with E-state index >= 15 is 0 Å². The molecule has 1 amide bonds. The van der Waals surface area contributed by atoms with Crippen molar-refractivity contribution in [2.75, 3.05) is 16.9 Å². The zero-order chi connectivity index (χ0) is 11.5. The highest BCUT2D eigenvalue weighted by Crippen LogP contribution is 2.21. The Kier molecular flexibility index (Phi) is 5.59. The summed E-state index contributed by atoms with van der Waals surface area (Å²) in [4.78, 5) is 11.8. The largest absolute Gasteiger partial charge is 0.324 e. The Balaban J connectivity index is 0.00000144. The molecule has 1 heterocycles. The Morgan fingerprint density at radius 1 is 1.59 bits per heavy atom. The SMILES string of the molecule is Cc1ccc(Cl)cc1NC(=O)C1CSCN1.Cl. The maximum Gasteiger partial charge on any atom is 0.242 e. The number of nitrogens with one attached hydrogen (secondary N) is 2. The molecule has 94 valence electrons. The summed E-state index contributed by atoms with van der Waals surface area (Å²) >= 11 is 7.62. The number of amides is 1. The average Bonchev–Trinajstić information content (AvgIpc) is 2.76. The first-order valence-corrected chi connectivity index (χ1v) is 6.58. The average molecular weight is 293 g/mol. The summed E-state index contributed by atoms with van der Waals surface area (Å²) in [5, 5.41) is 6.66. The molecule has 2 N–H and O–H groups in total. The fourth-order valence-corrected chi connectivity index (χ4v) is 2.63. The normalized spacial score (nSPS) is 18.6. The lowest BCUT2D eigenvalue weighted by Gasteiger charge is -2.12. The van der Waals surface area contributed by atoms with Gasteiger partial charge in [0.2, 0.25) is 5.91 Å². The molecule has 1 aromatic rings. The van der Waals surface area contributed by atoms with Crippen LogP contribution in [-0.2, 0) is 4.79 Å². The molecule has 0 saturated carbocycles. The van der Waals surface area contributed by atoms with E-state index in [0.29, 0.717) is 5.02 Å². The van der Waals surface area contributed by atoms with Gasteiger partial charge in [0, 0.05) is 22.3 Å². The van der Waals surface area contributed by atoms with Gasteiger partial charge in [0.05, 0.1) is 6.04 Å². The Morgan fingerprint density at radius 3 is 3.00 bits per heavy atom. The van der Waals surface area contributed by atoms with Gasteiger partial charge in [0.1, 0.15) is 0 Å². The predicted octanol–water partition coefficient (Wildman–Crippen LogP) is 2.67. The standard InChI is InChI=1S/C11H13ClN2OS.ClH/c1-7-2-3-8(12)4-9(7)14-11(15)10-5-16-6-13-10;/h2-4,10,13H,5-6H2,1H3,(H,14,15);1H. The summed E-state index contributed by atoms with van der Waals surface area (Å²) in [6.07, 6.45) is 0. The summed E-state index contributed by atoms with van der Waals surface area (Å²) in [5.41, 5.74) is 1.81. The van der Waals surface area contributed by atoms with Gasteiger partial charge in [-0.05, 0) is 24.6 Å². The Hall–Kier alpha value is -0.420. The monoisotopic (exact) mass is 292 g/mol. The summed E-state index contributed by atoms with van der Waals surface area (Å²) in [6, 6.07) is 5.39. The minimum atomic E-state index is -0.0941. The first-order valence-electron chi connectivity index (χ1n) is 5.05. The molecule has 1 unspecified atom stereocenters. The van der Waals surface area contributed by atoms with Gasteiger partial charge in [-0.2, -0.15) is 0 Å². The molecule has 1 aliphatic rings. The number of halogens is 2. The second-order valence-corrected chi connectivity index (χ2v) is 5.19. The summed E-state index contributed by atoms with van der Waals surface area (Å²) in [7, 11) is 0. The van der Waals surface area contributed by atoms with Gasteiger partial charge in [0.25, 0.3) is 0 Å². The molecule has 1 atom stereocenters. The fourth-order valence-electron chi connectivity index (χ4n) is 1.51. The van der Waals surface area contributed by atoms with Crippen molar-refractivity contribution in [2.24, 2.45) is 0 Å². The highest BCUT2D eigenvalue weighted by Gasteiger charge is 2.22. The third-order valence-corrected chi connectivity index (χ3v) is 3.67. The van der Waals surface area contributed by atoms with Crippen molar-refractivity contribution < 1.29 is 4.79 Å². The van der Waals surface area contributed by atoms with Crippen molar-refractivity contribution in [2.45, 2.75) is 13.0 Å². The van der Waals surface area contributed by atoms with E-state index in [9.17, 15) is 4.79 Å². The second-order valence-electron chi connectivity index (χ2n) is 3.72. The van der Waals surface area contributed by atoms with E-state index in [2.05, 4.69) is 10.6 Å². The lowest BCUT2D eigenvalue weighted by Crippen LogP contribution is -2.37. The third kappa shape index (κ3) is 3.78. The molecular weight excluding hydrogens is 279 g/mol. The van der Waals surface area contributed by atoms with Gasteiger partial charge in [0.15, 0.2) is 0 Å². The van der Waals surface area contributed by atoms with Crippen LogP contribution < -0.4 is 10.6 Å². The van der Waals surface area contributed by atoms with Crippen molar-refractivity contribution in [3.8, 4) is 0 Å². The van der Waals surface area contributed by atoms with Crippen LogP contribution in [0.15, 0.2) is 18.2 Å². The minimum absolute atomic E-state index is 0. The number of hydrogen-bond acceptors (Lipinski definition) is 3. The Morgan fingerprint density at radius 2 is 2.35 bits per heavy atom. The van der Waals surface area contributed by atoms with Crippen LogP contribution in [0.4, 0.5) is 5.69 Å². The van der Waals surface area contributed by atoms with Gasteiger partial charge >= 0.3 is 0 Å². The first kappa shape index (κ1) is 14.6. The van der Waals surface area contributed by atoms with Crippen LogP contribution in [0.1, 0.15) is 5.56 Å². The van der Waals surface area contributed by atoms with Crippen molar-refractivity contribution in [1.29, 1.82) is 0 Å². The lowest BCUT2D eigenvalue weighted by molar-refractivity contribution is -0.117. The van der Waals surface area contributed by atoms with E-state index in [1.165, 1.54) is 0 Å². The predicted molar refractivity (Wildman–Crippen MR) is 76.3 cm³/mol. The summed E-state index contributed by atoms with van der Waals surface area (Å²) in [5.74, 6) is 1.67. The van der Waals surface area contributed by atoms with Gasteiger partial charge < -0.3 is 5.32 Å². The van der Waals surface area contributed by atoms with E-state index in [4.69, 9.17) is 11.6 Å². The number of benzene rings is 1. The van der Waals surface area contributed by atoms with Crippen molar-refractivity contribution in [1.82, 2.24) is 5.32 Å². The van der Waals surface area contributed by atoms with E-state index in [0.717, 1.165) is 22.9 Å². The van der Waals surface area contributed by atoms with E-state index in [-0.39, 0.29) is 24.4 Å². The maximum absolute atomic E-state index is 11.8. The van der Waals surface area contributed by atoms with Crippen molar-refractivity contribution in [3.63, 3.8) is 0 Å². The quantitative estimate of drug-likeness (QED) is 0.881. The molecular formula is C11H14Cl2N2OS. The molecule has 0 aromatic heterocycles. The first-order chi connectivity index (χ1) is 7.66. The second kappa shape index (κ2) is 6.50. The molecule has 0 radical (unpaired) electrons. The number of carbonyl (C=O) groups excluding carboxylic acids is 1. The van der Waals surface area contributed by atoms with Crippen LogP contribution in [0.2, 0.25) is 5.02 Å². The van der Waals surface area contributed by atoms with Gasteiger partial charge in [-0.3, -0.25) is 10.1 Å². The maximum atomic E-state index is 11.8. The zero-order valence-corrected chi connectivity index (χ0v) is 11.7. The van der Waals surface area contributed by atoms with Gasteiger partial charge in [-0.1, -0.05) is 17.7 Å². The minimum Gasteiger partial charge on any atom is -0.324 e. The van der Waals surface area contributed by atoms with Crippen LogP contribution in [0.5, 0.6) is 0 Å². The molecule has 0 aliphatic carbocycles. The van der Waals surface area contributed by atoms with Crippen LogP contribution in [-0.4, -0.2) is 23.6 Å². The molecule has 6 heteroatoms. The molecule has 1 fully saturated rings. The zero-order valence-electron chi connectivity index (χ0n) is 9.33. The van der Waals surface area contributed by atoms with Crippen LogP contribution >= 0.6 is 35.8 Å². The Labute approximate surface area is 116 Å². The van der Waals surface area contributed by atoms with Crippen LogP contribution in [0.3, 0.4) is 0 Å². The van der Waals surface area contributed by atoms with Crippen LogP contribution in [0, 0.1) is 6.92 Å². The molecule has 1 saturated heterocycles. The van der Waals surface area contributed by atoms with Crippen molar-refractivity contribution in [3.05, 3.63) is 28.8 Å². The number of thioether (sulfide) groups is 1. The summed E-state index contributed by atoms with van der Waals surface area (Å²) in [6.45, 7) is 1.95. The molecule has 1 aliphatic heterocycles. The van der Waals surface area contributed by atoms with E-state index in [1.807, 2.05) is 19.1 Å². The van der Waals surface area contributed by atoms with Crippen LogP contribution in [0.25, 0.3) is 0 Å². The highest BCUT2D eigenvalue weighted by molar-refractivity contribution is 7.99. The Bertz CT molecular complexity index is 408. The third-order valence-electron chi connectivity index (χ3n) is 2.49. The number of rotatable bonds is 2. The summed E-state index contributed by atoms with van der Waals surface area (Å²) < 4.78 is 0. The number of aryl methyl sites for hydroxylation is 1. The van der Waals surface area contributed by atoms with Crippen molar-refractivity contribution >= 4 is 47.4 Å². The molecule has 3 nitrogen and oxygen atoms in total. The topological polar surface area (TPSA) is 41.1 Å². The molecule has 2 rings (SSSR count). The molecule has 1 aromatic carbocycles. The highest BCUT2D eigenvalue weighted by atomic mass is 35.5. The fraction of sp³-hybridized carbons (Fsp3) is 0.364. The molecule has 0 bridgehead atoms. The number of hydrogen-bond donors (Lipinski definition) is 2. The number of anilines is 1. The molecule has 17 heavy (non-hydrogen) atoms. The number of carbonyl (C=O) groups is 1. The lowest BCUT2D eigenvalue weighted by atomic mass is 10.2. The van der Waals surface area contributed by atoms with E-state index in [1.54, 1.807) is 17.8 Å². The molecule has 0 spiro atoms. The smallest absolute Gasteiger partial charge is 0.242 e.